The van der Waals surface area contributed by atoms with Crippen LogP contribution in [0.15, 0.2) is 42.6 Å². The monoisotopic (exact) mass is 381 g/mol. The molecule has 19 heavy (non-hydrogen) atoms. The van der Waals surface area contributed by atoms with Gasteiger partial charge in [-0.3, -0.25) is 4.98 Å². The van der Waals surface area contributed by atoms with Gasteiger partial charge in [0, 0.05) is 28.4 Å². The van der Waals surface area contributed by atoms with Crippen LogP contribution in [0.5, 0.6) is 0 Å². The molecule has 3 nitrogen and oxygen atoms in total. The number of hydrogen-bond donors (Lipinski definition) is 1. The standard InChI is InChI=1S/C14H12IN3S/c15-10-4-5-13-12(9-10)17-14(19)18(13)8-6-11-3-1-2-7-16-11/h1-5,7,9H,6,8H2,(H,17,19). The van der Waals surface area contributed by atoms with Crippen LogP contribution in [0.25, 0.3) is 11.0 Å². The van der Waals surface area contributed by atoms with Crippen LogP contribution in [0.4, 0.5) is 0 Å². The average Bonchev–Trinajstić information content (AvgIpc) is 2.72. The van der Waals surface area contributed by atoms with Gasteiger partial charge in [-0.05, 0) is 65.1 Å². The largest absolute Gasteiger partial charge is 0.331 e. The number of fused-ring (bicyclic) bond motifs is 1. The average molecular weight is 381 g/mol. The summed E-state index contributed by atoms with van der Waals surface area (Å²) in [6, 6.07) is 12.3. The van der Waals surface area contributed by atoms with Crippen molar-refractivity contribution in [3.63, 3.8) is 0 Å². The minimum atomic E-state index is 0.771. The maximum atomic E-state index is 5.40. The summed E-state index contributed by atoms with van der Waals surface area (Å²) in [6.07, 6.45) is 2.71. The van der Waals surface area contributed by atoms with Crippen molar-refractivity contribution in [3.8, 4) is 0 Å². The van der Waals surface area contributed by atoms with Crippen LogP contribution in [0.1, 0.15) is 5.69 Å². The molecule has 0 saturated carbocycles. The number of halogens is 1. The third-order valence-corrected chi connectivity index (χ3v) is 4.05. The Kier molecular flexibility index (Phi) is 3.65. The number of rotatable bonds is 3. The van der Waals surface area contributed by atoms with Crippen molar-refractivity contribution in [1.29, 1.82) is 0 Å². The zero-order chi connectivity index (χ0) is 13.2. The molecular formula is C14H12IN3S. The predicted octanol–water partition coefficient (Wildman–Crippen LogP) is 3.94. The highest BCUT2D eigenvalue weighted by molar-refractivity contribution is 14.1. The van der Waals surface area contributed by atoms with Crippen molar-refractivity contribution in [2.24, 2.45) is 0 Å². The third kappa shape index (κ3) is 2.71. The number of pyridine rings is 1. The lowest BCUT2D eigenvalue weighted by atomic mass is 10.2. The number of H-pyrrole nitrogens is 1. The summed E-state index contributed by atoms with van der Waals surface area (Å²) in [7, 11) is 0. The Morgan fingerprint density at radius 1 is 1.26 bits per heavy atom. The quantitative estimate of drug-likeness (QED) is 0.551. The van der Waals surface area contributed by atoms with Crippen molar-refractivity contribution < 1.29 is 0 Å². The fourth-order valence-electron chi connectivity index (χ4n) is 2.13. The molecule has 1 N–H and O–H groups in total. The number of imidazole rings is 1. The van der Waals surface area contributed by atoms with Crippen LogP contribution >= 0.6 is 34.8 Å². The van der Waals surface area contributed by atoms with Gasteiger partial charge in [-0.1, -0.05) is 6.07 Å². The minimum absolute atomic E-state index is 0.771. The summed E-state index contributed by atoms with van der Waals surface area (Å²) in [5.74, 6) is 0. The van der Waals surface area contributed by atoms with Gasteiger partial charge < -0.3 is 9.55 Å². The van der Waals surface area contributed by atoms with E-state index >= 15 is 0 Å². The third-order valence-electron chi connectivity index (χ3n) is 3.05. The lowest BCUT2D eigenvalue weighted by Gasteiger charge is -2.04. The van der Waals surface area contributed by atoms with Crippen molar-refractivity contribution >= 4 is 45.8 Å². The second-order valence-corrected chi connectivity index (χ2v) is 5.95. The van der Waals surface area contributed by atoms with Crippen LogP contribution in [0.2, 0.25) is 0 Å². The van der Waals surface area contributed by atoms with Crippen LogP contribution in [0, 0.1) is 8.34 Å². The summed E-state index contributed by atoms with van der Waals surface area (Å²) in [6.45, 7) is 0.844. The molecule has 5 heteroatoms. The molecule has 0 radical (unpaired) electrons. The fraction of sp³-hybridized carbons (Fsp3) is 0.143. The molecule has 0 fully saturated rings. The number of nitrogens with zero attached hydrogens (tertiary/aromatic N) is 2. The lowest BCUT2D eigenvalue weighted by molar-refractivity contribution is 0.695. The summed E-state index contributed by atoms with van der Waals surface area (Å²) >= 11 is 7.70. The maximum absolute atomic E-state index is 5.40. The first-order valence-corrected chi connectivity index (χ1v) is 7.51. The van der Waals surface area contributed by atoms with E-state index in [1.165, 1.54) is 3.57 Å². The normalized spacial score (nSPS) is 11.0. The highest BCUT2D eigenvalue weighted by Gasteiger charge is 2.05. The number of benzene rings is 1. The Labute approximate surface area is 129 Å². The van der Waals surface area contributed by atoms with E-state index in [1.54, 1.807) is 0 Å². The molecule has 0 saturated heterocycles. The topological polar surface area (TPSA) is 33.6 Å². The van der Waals surface area contributed by atoms with Gasteiger partial charge in [0.15, 0.2) is 4.77 Å². The van der Waals surface area contributed by atoms with E-state index in [4.69, 9.17) is 12.2 Å². The molecular weight excluding hydrogens is 369 g/mol. The predicted molar refractivity (Wildman–Crippen MR) is 87.8 cm³/mol. The first kappa shape index (κ1) is 12.8. The summed E-state index contributed by atoms with van der Waals surface area (Å²) in [5.41, 5.74) is 3.34. The first-order valence-electron chi connectivity index (χ1n) is 6.02. The molecule has 3 rings (SSSR count). The van der Waals surface area contributed by atoms with Gasteiger partial charge in [-0.15, -0.1) is 0 Å². The number of aryl methyl sites for hydroxylation is 2. The smallest absolute Gasteiger partial charge is 0.178 e. The Morgan fingerprint density at radius 3 is 2.95 bits per heavy atom. The van der Waals surface area contributed by atoms with E-state index in [0.29, 0.717) is 0 Å². The molecule has 0 unspecified atom stereocenters. The van der Waals surface area contributed by atoms with Crippen molar-refractivity contribution in [1.82, 2.24) is 14.5 Å². The molecule has 0 atom stereocenters. The Hall–Kier alpha value is -1.21. The minimum Gasteiger partial charge on any atom is -0.331 e. The van der Waals surface area contributed by atoms with Crippen molar-refractivity contribution in [3.05, 3.63) is 56.6 Å². The molecule has 0 aliphatic rings. The van der Waals surface area contributed by atoms with Crippen molar-refractivity contribution in [2.45, 2.75) is 13.0 Å². The van der Waals surface area contributed by atoms with E-state index in [1.807, 2.05) is 24.4 Å². The maximum Gasteiger partial charge on any atom is 0.178 e. The van der Waals surface area contributed by atoms with Crippen molar-refractivity contribution in [2.75, 3.05) is 0 Å². The van der Waals surface area contributed by atoms with Gasteiger partial charge in [0.2, 0.25) is 0 Å². The molecule has 2 aromatic heterocycles. The molecule has 0 bridgehead atoms. The van der Waals surface area contributed by atoms with Gasteiger partial charge in [-0.2, -0.15) is 0 Å². The molecule has 0 aliphatic heterocycles. The molecule has 0 aliphatic carbocycles. The molecule has 0 spiro atoms. The Morgan fingerprint density at radius 2 is 2.16 bits per heavy atom. The van der Waals surface area contributed by atoms with Gasteiger partial charge in [-0.25, -0.2) is 0 Å². The van der Waals surface area contributed by atoms with Gasteiger partial charge >= 0.3 is 0 Å². The number of aromatic amines is 1. The summed E-state index contributed by atoms with van der Waals surface area (Å²) in [5, 5.41) is 0. The summed E-state index contributed by atoms with van der Waals surface area (Å²) < 4.78 is 4.11. The Bertz CT molecular complexity index is 761. The van der Waals surface area contributed by atoms with Gasteiger partial charge in [0.25, 0.3) is 0 Å². The van der Waals surface area contributed by atoms with E-state index in [0.717, 1.165) is 34.5 Å². The number of aromatic nitrogens is 3. The van der Waals surface area contributed by atoms with Crippen LogP contribution in [-0.2, 0) is 13.0 Å². The highest BCUT2D eigenvalue weighted by atomic mass is 127. The molecule has 3 aromatic rings. The van der Waals surface area contributed by atoms with Crippen LogP contribution < -0.4 is 0 Å². The van der Waals surface area contributed by atoms with Crippen LogP contribution in [-0.4, -0.2) is 14.5 Å². The van der Waals surface area contributed by atoms with Gasteiger partial charge in [0.05, 0.1) is 11.0 Å². The highest BCUT2D eigenvalue weighted by Crippen LogP contribution is 2.17. The van der Waals surface area contributed by atoms with E-state index in [9.17, 15) is 0 Å². The number of nitrogens with one attached hydrogen (secondary N) is 1. The fourth-order valence-corrected chi connectivity index (χ4v) is 2.92. The molecule has 2 heterocycles. The molecule has 96 valence electrons. The first-order chi connectivity index (χ1) is 9.24. The van der Waals surface area contributed by atoms with Crippen LogP contribution in [0.3, 0.4) is 0 Å². The second kappa shape index (κ2) is 5.42. The van der Waals surface area contributed by atoms with E-state index in [-0.39, 0.29) is 0 Å². The van der Waals surface area contributed by atoms with Gasteiger partial charge in [0.1, 0.15) is 0 Å². The number of hydrogen-bond acceptors (Lipinski definition) is 2. The lowest BCUT2D eigenvalue weighted by Crippen LogP contribution is -2.02. The molecule has 0 amide bonds. The SMILES string of the molecule is S=c1[nH]c2cc(I)ccc2n1CCc1ccccn1. The zero-order valence-corrected chi connectivity index (χ0v) is 13.1. The molecule has 1 aromatic carbocycles. The second-order valence-electron chi connectivity index (χ2n) is 4.31. The zero-order valence-electron chi connectivity index (χ0n) is 10.1. The Balaban J connectivity index is 1.93. The van der Waals surface area contributed by atoms with E-state index < -0.39 is 0 Å². The summed E-state index contributed by atoms with van der Waals surface area (Å²) in [4.78, 5) is 7.60. The van der Waals surface area contributed by atoms with E-state index in [2.05, 4.69) is 55.3 Å².